The molecule has 0 fully saturated rings. The summed E-state index contributed by atoms with van der Waals surface area (Å²) in [5, 5.41) is 15.6. The molecule has 0 aliphatic carbocycles. The zero-order chi connectivity index (χ0) is 11.2. The molecule has 16 heavy (non-hydrogen) atoms. The Morgan fingerprint density at radius 3 is 3.19 bits per heavy atom. The van der Waals surface area contributed by atoms with Crippen LogP contribution in [0.1, 0.15) is 11.4 Å². The second kappa shape index (κ2) is 4.89. The molecule has 0 aliphatic rings. The van der Waals surface area contributed by atoms with Crippen LogP contribution in [0.3, 0.4) is 0 Å². The summed E-state index contributed by atoms with van der Waals surface area (Å²) < 4.78 is 4.61. The quantitative estimate of drug-likeness (QED) is 0.818. The molecule has 2 aromatic rings. The average molecular weight is 215 g/mol. The highest BCUT2D eigenvalue weighted by atomic mass is 16.5. The number of anilines is 1. The van der Waals surface area contributed by atoms with Crippen LogP contribution in [0.15, 0.2) is 29.4 Å². The Kier molecular flexibility index (Phi) is 3.09. The molecule has 0 unspecified atom stereocenters. The number of rotatable bonds is 4. The lowest BCUT2D eigenvalue weighted by Gasteiger charge is -2.05. The summed E-state index contributed by atoms with van der Waals surface area (Å²) in [6.07, 6.45) is 5.13. The van der Waals surface area contributed by atoms with Gasteiger partial charge in [0.1, 0.15) is 6.07 Å². The monoisotopic (exact) mass is 215 g/mol. The maximum Gasteiger partial charge on any atom is 0.213 e. The lowest BCUT2D eigenvalue weighted by atomic mass is 10.2. The molecule has 0 bridgehead atoms. The highest BCUT2D eigenvalue weighted by molar-refractivity contribution is 5.55. The van der Waals surface area contributed by atoms with Gasteiger partial charge in [0.2, 0.25) is 6.39 Å². The third kappa shape index (κ3) is 2.33. The van der Waals surface area contributed by atoms with Crippen LogP contribution in [0.4, 0.5) is 5.69 Å². The van der Waals surface area contributed by atoms with Crippen LogP contribution in [0.25, 0.3) is 0 Å². The van der Waals surface area contributed by atoms with Crippen LogP contribution in [0.2, 0.25) is 0 Å². The van der Waals surface area contributed by atoms with Gasteiger partial charge in [0, 0.05) is 19.2 Å². The fourth-order valence-electron chi connectivity index (χ4n) is 1.24. The number of hydrogen-bond acceptors (Lipinski definition) is 6. The van der Waals surface area contributed by atoms with Gasteiger partial charge in [-0.15, -0.1) is 0 Å². The highest BCUT2D eigenvalue weighted by Crippen LogP contribution is 2.11. The minimum absolute atomic E-state index is 0.572. The Morgan fingerprint density at radius 2 is 2.44 bits per heavy atom. The van der Waals surface area contributed by atoms with Crippen molar-refractivity contribution in [2.75, 3.05) is 11.9 Å². The molecule has 0 spiro atoms. The number of aromatic nitrogens is 3. The van der Waals surface area contributed by atoms with Crippen LogP contribution in [-0.2, 0) is 6.42 Å². The van der Waals surface area contributed by atoms with Crippen molar-refractivity contribution in [3.05, 3.63) is 36.2 Å². The first-order valence-corrected chi connectivity index (χ1v) is 4.73. The van der Waals surface area contributed by atoms with Crippen molar-refractivity contribution < 1.29 is 4.52 Å². The maximum absolute atomic E-state index is 8.84. The van der Waals surface area contributed by atoms with Crippen molar-refractivity contribution in [1.82, 2.24) is 15.1 Å². The molecule has 0 aromatic carbocycles. The van der Waals surface area contributed by atoms with Crippen LogP contribution in [0, 0.1) is 11.3 Å². The van der Waals surface area contributed by atoms with Crippen LogP contribution in [0.5, 0.6) is 0 Å². The normalized spacial score (nSPS) is 9.69. The van der Waals surface area contributed by atoms with Crippen molar-refractivity contribution >= 4 is 5.69 Å². The molecular weight excluding hydrogens is 206 g/mol. The standard InChI is InChI=1S/C10H9N5O/c11-5-8-1-3-12-6-9(8)13-4-2-10-14-7-16-15-10/h1,3,6-7,13H,2,4H2. The van der Waals surface area contributed by atoms with Crippen molar-refractivity contribution in [3.63, 3.8) is 0 Å². The van der Waals surface area contributed by atoms with E-state index in [1.54, 1.807) is 18.5 Å². The third-order valence-electron chi connectivity index (χ3n) is 2.01. The Morgan fingerprint density at radius 1 is 1.50 bits per heavy atom. The van der Waals surface area contributed by atoms with Gasteiger partial charge in [0.05, 0.1) is 17.4 Å². The second-order valence-electron chi connectivity index (χ2n) is 3.06. The molecule has 2 aromatic heterocycles. The van der Waals surface area contributed by atoms with Crippen LogP contribution in [-0.4, -0.2) is 21.7 Å². The SMILES string of the molecule is N#Cc1ccncc1NCCc1ncon1. The number of nitrogens with zero attached hydrogens (tertiary/aromatic N) is 4. The number of pyridine rings is 1. The Bertz CT molecular complexity index is 488. The summed E-state index contributed by atoms with van der Waals surface area (Å²) in [5.74, 6) is 0.634. The predicted octanol–water partition coefficient (Wildman–Crippen LogP) is 0.991. The van der Waals surface area contributed by atoms with E-state index in [-0.39, 0.29) is 0 Å². The molecule has 0 saturated carbocycles. The van der Waals surface area contributed by atoms with Crippen LogP contribution >= 0.6 is 0 Å². The van der Waals surface area contributed by atoms with Gasteiger partial charge in [-0.3, -0.25) is 4.98 Å². The van der Waals surface area contributed by atoms with Crippen molar-refractivity contribution in [3.8, 4) is 6.07 Å². The molecule has 6 heteroatoms. The summed E-state index contributed by atoms with van der Waals surface area (Å²) in [6.45, 7) is 0.625. The predicted molar refractivity (Wildman–Crippen MR) is 55.4 cm³/mol. The minimum atomic E-state index is 0.572. The van der Waals surface area contributed by atoms with E-state index in [0.29, 0.717) is 30.0 Å². The molecular formula is C10H9N5O. The summed E-state index contributed by atoms with van der Waals surface area (Å²) in [4.78, 5) is 7.84. The fourth-order valence-corrected chi connectivity index (χ4v) is 1.24. The van der Waals surface area contributed by atoms with E-state index in [1.165, 1.54) is 6.39 Å². The van der Waals surface area contributed by atoms with Gasteiger partial charge in [0.25, 0.3) is 0 Å². The van der Waals surface area contributed by atoms with E-state index in [1.807, 2.05) is 0 Å². The molecule has 80 valence electrons. The molecule has 0 aliphatic heterocycles. The Labute approximate surface area is 91.9 Å². The second-order valence-corrected chi connectivity index (χ2v) is 3.06. The molecule has 0 amide bonds. The average Bonchev–Trinajstić information content (AvgIpc) is 2.83. The maximum atomic E-state index is 8.84. The smallest absolute Gasteiger partial charge is 0.213 e. The van der Waals surface area contributed by atoms with E-state index >= 15 is 0 Å². The zero-order valence-electron chi connectivity index (χ0n) is 8.42. The molecule has 2 heterocycles. The Balaban J connectivity index is 1.93. The minimum Gasteiger partial charge on any atom is -0.382 e. The third-order valence-corrected chi connectivity index (χ3v) is 2.01. The van der Waals surface area contributed by atoms with E-state index in [0.717, 1.165) is 0 Å². The molecule has 0 atom stereocenters. The van der Waals surface area contributed by atoms with E-state index in [2.05, 4.69) is 31.0 Å². The van der Waals surface area contributed by atoms with E-state index in [9.17, 15) is 0 Å². The highest BCUT2D eigenvalue weighted by Gasteiger charge is 2.02. The number of nitrogens with one attached hydrogen (secondary N) is 1. The molecule has 2 rings (SSSR count). The number of hydrogen-bond donors (Lipinski definition) is 1. The molecule has 1 N–H and O–H groups in total. The van der Waals surface area contributed by atoms with Gasteiger partial charge < -0.3 is 9.84 Å². The van der Waals surface area contributed by atoms with Gasteiger partial charge in [-0.05, 0) is 6.07 Å². The summed E-state index contributed by atoms with van der Waals surface area (Å²) in [6, 6.07) is 3.75. The fraction of sp³-hybridized carbons (Fsp3) is 0.200. The Hall–Kier alpha value is -2.42. The van der Waals surface area contributed by atoms with Crippen molar-refractivity contribution in [2.45, 2.75) is 6.42 Å². The first-order chi connectivity index (χ1) is 7.90. The summed E-state index contributed by atoms with van der Waals surface area (Å²) in [5.41, 5.74) is 1.29. The van der Waals surface area contributed by atoms with Crippen LogP contribution < -0.4 is 5.32 Å². The number of nitriles is 1. The van der Waals surface area contributed by atoms with Gasteiger partial charge in [-0.25, -0.2) is 0 Å². The summed E-state index contributed by atoms with van der Waals surface area (Å²) >= 11 is 0. The van der Waals surface area contributed by atoms with Crippen molar-refractivity contribution in [2.24, 2.45) is 0 Å². The molecule has 6 nitrogen and oxygen atoms in total. The topological polar surface area (TPSA) is 87.6 Å². The van der Waals surface area contributed by atoms with E-state index < -0.39 is 0 Å². The molecule has 0 radical (unpaired) electrons. The summed E-state index contributed by atoms with van der Waals surface area (Å²) in [7, 11) is 0. The van der Waals surface area contributed by atoms with Gasteiger partial charge >= 0.3 is 0 Å². The molecule has 0 saturated heterocycles. The lowest BCUT2D eigenvalue weighted by molar-refractivity contribution is 0.410. The zero-order valence-corrected chi connectivity index (χ0v) is 8.42. The first-order valence-electron chi connectivity index (χ1n) is 4.73. The lowest BCUT2D eigenvalue weighted by Crippen LogP contribution is -2.07. The van der Waals surface area contributed by atoms with E-state index in [4.69, 9.17) is 5.26 Å². The first kappa shape index (κ1) is 10.1. The van der Waals surface area contributed by atoms with Gasteiger partial charge in [-0.1, -0.05) is 5.16 Å². The van der Waals surface area contributed by atoms with Gasteiger partial charge in [-0.2, -0.15) is 10.2 Å². The largest absolute Gasteiger partial charge is 0.382 e. The van der Waals surface area contributed by atoms with Crippen molar-refractivity contribution in [1.29, 1.82) is 5.26 Å². The van der Waals surface area contributed by atoms with Gasteiger partial charge in [0.15, 0.2) is 5.82 Å².